The van der Waals surface area contributed by atoms with Crippen LogP contribution in [0.5, 0.6) is 0 Å². The second-order valence-electron chi connectivity index (χ2n) is 1.82. The average Bonchev–Trinajstić information content (AvgIpc) is 2.26. The summed E-state index contributed by atoms with van der Waals surface area (Å²) in [6.07, 6.45) is 15.0. The van der Waals surface area contributed by atoms with Crippen LogP contribution in [0.15, 0.2) is 36.5 Å². The summed E-state index contributed by atoms with van der Waals surface area (Å²) in [5, 5.41) is 0. The molecule has 0 aliphatic heterocycles. The Morgan fingerprint density at radius 2 is 0.867 bits per heavy atom. The fourth-order valence-electron chi connectivity index (χ4n) is 0.670. The summed E-state index contributed by atoms with van der Waals surface area (Å²) in [6, 6.07) is 0. The summed E-state index contributed by atoms with van der Waals surface area (Å²) < 4.78 is 0. The molecule has 15 heavy (non-hydrogen) atoms. The minimum atomic E-state index is 0. The van der Waals surface area contributed by atoms with Gasteiger partial charge in [0.15, 0.2) is 0 Å². The van der Waals surface area contributed by atoms with Gasteiger partial charge in [0.2, 0.25) is 0 Å². The first-order valence-electron chi connectivity index (χ1n) is 3.85. The molecule has 0 atom stereocenters. The molecule has 0 N–H and O–H groups in total. The van der Waals surface area contributed by atoms with E-state index in [4.69, 9.17) is 14.4 Å². The van der Waals surface area contributed by atoms with E-state index >= 15 is 0 Å². The Morgan fingerprint density at radius 3 is 1.13 bits per heavy atom. The van der Waals surface area contributed by atoms with Crippen LogP contribution in [-0.4, -0.2) is 20.4 Å². The molecule has 0 bridgehead atoms. The fourth-order valence-corrected chi connectivity index (χ4v) is 0.670. The van der Waals surface area contributed by atoms with E-state index in [-0.39, 0.29) is 21.1 Å². The average molecular weight is 292 g/mol. The van der Waals surface area contributed by atoms with Crippen molar-refractivity contribution in [1.29, 1.82) is 0 Å². The summed E-state index contributed by atoms with van der Waals surface area (Å²) in [5.74, 6) is 0. The number of hydrogen-bond acceptors (Lipinski definition) is 3. The quantitative estimate of drug-likeness (QED) is 0.641. The molecule has 0 amide bonds. The molecule has 0 radical (unpaired) electrons. The molecule has 0 fully saturated rings. The number of rotatable bonds is 0. The van der Waals surface area contributed by atoms with E-state index in [2.05, 4.69) is 36.5 Å². The molecule has 4 heteroatoms. The maximum absolute atomic E-state index is 8.00. The normalized spacial score (nSPS) is 12.5. The molecule has 1 rings (SSSR count). The predicted octanol–water partition coefficient (Wildman–Crippen LogP) is 1.89. The van der Waals surface area contributed by atoms with Crippen molar-refractivity contribution in [3.05, 3.63) is 36.5 Å². The summed E-state index contributed by atoms with van der Waals surface area (Å²) >= 11 is 0. The topological polar surface area (TPSA) is 51.2 Å². The Kier molecular flexibility index (Phi) is 60.3. The zero-order valence-corrected chi connectivity index (χ0v) is 10.6. The summed E-state index contributed by atoms with van der Waals surface area (Å²) in [7, 11) is 0. The van der Waals surface area contributed by atoms with Crippen LogP contribution < -0.4 is 0 Å². The van der Waals surface area contributed by atoms with Gasteiger partial charge in [-0.1, -0.05) is 36.5 Å². The van der Waals surface area contributed by atoms with Gasteiger partial charge in [-0.3, -0.25) is 0 Å². The van der Waals surface area contributed by atoms with Gasteiger partial charge < -0.3 is 14.4 Å². The maximum atomic E-state index is 8.00. The van der Waals surface area contributed by atoms with Gasteiger partial charge in [0, 0.05) is 21.1 Å². The molecule has 0 saturated heterocycles. The first-order valence-corrected chi connectivity index (χ1v) is 3.85. The standard InChI is InChI=1S/C8H10.3CH2O.Mo/c1-2-4-6-8-7-5-3-1;3*1-2;/h1-6H,7-8H2;3*1H2;/b2-1?,5-3-,6-4?;;;;. The van der Waals surface area contributed by atoms with E-state index in [0.717, 1.165) is 0 Å². The largest absolute Gasteiger partial charge is 0.307 e. The summed E-state index contributed by atoms with van der Waals surface area (Å²) in [6.45, 7) is 6.00. The van der Waals surface area contributed by atoms with Gasteiger partial charge >= 0.3 is 0 Å². The zero-order valence-electron chi connectivity index (χ0n) is 8.63. The maximum Gasteiger partial charge on any atom is 0.106 e. The van der Waals surface area contributed by atoms with Crippen molar-refractivity contribution in [3.63, 3.8) is 0 Å². The van der Waals surface area contributed by atoms with Gasteiger partial charge in [0.25, 0.3) is 0 Å². The van der Waals surface area contributed by atoms with E-state index in [9.17, 15) is 0 Å². The molecule has 0 heterocycles. The Morgan fingerprint density at radius 1 is 0.600 bits per heavy atom. The second kappa shape index (κ2) is 38.3. The molecular formula is C11H16MoO3. The van der Waals surface area contributed by atoms with E-state index < -0.39 is 0 Å². The summed E-state index contributed by atoms with van der Waals surface area (Å²) in [4.78, 5) is 24.0. The van der Waals surface area contributed by atoms with Crippen LogP contribution in [0.3, 0.4) is 0 Å². The van der Waals surface area contributed by atoms with Crippen LogP contribution in [0.1, 0.15) is 12.8 Å². The third kappa shape index (κ3) is 32.2. The van der Waals surface area contributed by atoms with Gasteiger partial charge in [-0.2, -0.15) is 0 Å². The molecule has 84 valence electrons. The molecule has 0 aromatic heterocycles. The van der Waals surface area contributed by atoms with Gasteiger partial charge in [-0.25, -0.2) is 0 Å². The first-order chi connectivity index (χ1) is 7.00. The van der Waals surface area contributed by atoms with Crippen molar-refractivity contribution in [1.82, 2.24) is 0 Å². The van der Waals surface area contributed by atoms with Gasteiger partial charge in [-0.15, -0.1) is 0 Å². The second-order valence-corrected chi connectivity index (χ2v) is 1.82. The third-order valence-corrected chi connectivity index (χ3v) is 1.11. The summed E-state index contributed by atoms with van der Waals surface area (Å²) in [5.41, 5.74) is 0. The van der Waals surface area contributed by atoms with Crippen molar-refractivity contribution in [2.24, 2.45) is 0 Å². The van der Waals surface area contributed by atoms with E-state index in [1.807, 2.05) is 20.4 Å². The zero-order chi connectivity index (χ0) is 11.7. The number of hydrogen-bond donors (Lipinski definition) is 0. The van der Waals surface area contributed by atoms with Crippen LogP contribution in [0, 0.1) is 0 Å². The van der Waals surface area contributed by atoms with Crippen molar-refractivity contribution in [2.75, 3.05) is 0 Å². The molecule has 3 nitrogen and oxygen atoms in total. The Hall–Kier alpha value is -1.08. The van der Waals surface area contributed by atoms with E-state index in [0.29, 0.717) is 0 Å². The monoisotopic (exact) mass is 294 g/mol. The van der Waals surface area contributed by atoms with Crippen LogP contribution in [0.2, 0.25) is 0 Å². The van der Waals surface area contributed by atoms with Crippen molar-refractivity contribution >= 4 is 20.4 Å². The van der Waals surface area contributed by atoms with Gasteiger partial charge in [0.05, 0.1) is 0 Å². The molecule has 0 aromatic rings. The van der Waals surface area contributed by atoms with Crippen LogP contribution in [-0.2, 0) is 35.4 Å². The predicted molar refractivity (Wildman–Crippen MR) is 58.0 cm³/mol. The smallest absolute Gasteiger partial charge is 0.106 e. The van der Waals surface area contributed by atoms with Gasteiger partial charge in [-0.05, 0) is 12.8 Å². The molecule has 0 unspecified atom stereocenters. The Bertz CT molecular complexity index is 156. The van der Waals surface area contributed by atoms with Crippen molar-refractivity contribution in [3.8, 4) is 0 Å². The van der Waals surface area contributed by atoms with Crippen LogP contribution in [0.25, 0.3) is 0 Å². The Labute approximate surface area is 105 Å². The van der Waals surface area contributed by atoms with Gasteiger partial charge in [0.1, 0.15) is 20.4 Å². The molecule has 0 saturated carbocycles. The third-order valence-electron chi connectivity index (χ3n) is 1.11. The minimum Gasteiger partial charge on any atom is -0.307 e. The van der Waals surface area contributed by atoms with E-state index in [1.165, 1.54) is 12.8 Å². The number of carbonyl (C=O) groups is 3. The Balaban J connectivity index is -0.0000000755. The molecule has 0 spiro atoms. The van der Waals surface area contributed by atoms with Crippen LogP contribution >= 0.6 is 0 Å². The van der Waals surface area contributed by atoms with Crippen LogP contribution in [0.4, 0.5) is 0 Å². The SMILES string of the molecule is C1=C/C=C\CCC=C1.C=O.C=O.C=O.[Mo]. The molecule has 0 aromatic carbocycles. The van der Waals surface area contributed by atoms with Crippen molar-refractivity contribution < 1.29 is 35.4 Å². The first kappa shape index (κ1) is 23.6. The van der Waals surface area contributed by atoms with Crippen molar-refractivity contribution in [2.45, 2.75) is 12.8 Å². The molecule has 1 aliphatic carbocycles. The molecular weight excluding hydrogens is 276 g/mol. The molecule has 1 aliphatic rings. The number of allylic oxidation sites excluding steroid dienone is 6. The fraction of sp³-hybridized carbons (Fsp3) is 0.182. The van der Waals surface area contributed by atoms with E-state index in [1.54, 1.807) is 0 Å². The number of carbonyl (C=O) groups excluding carboxylic acids is 3. The minimum absolute atomic E-state index is 0.